The summed E-state index contributed by atoms with van der Waals surface area (Å²) in [6.45, 7) is 0.0479. The number of esters is 1. The van der Waals surface area contributed by atoms with Crippen LogP contribution in [0.5, 0.6) is 0 Å². The molecule has 0 bridgehead atoms. The lowest BCUT2D eigenvalue weighted by Gasteiger charge is -2.48. The van der Waals surface area contributed by atoms with Gasteiger partial charge in [0.1, 0.15) is 23.8 Å². The molecule has 2 heterocycles. The molecule has 2 N–H and O–H groups in total. The largest absolute Gasteiger partial charge is 0.509 e. The number of aliphatic hydroxyl groups is 1. The average Bonchev–Trinajstić information content (AvgIpc) is 2.58. The van der Waals surface area contributed by atoms with Crippen LogP contribution in [-0.4, -0.2) is 45.5 Å². The van der Waals surface area contributed by atoms with E-state index in [1.54, 1.807) is 12.1 Å². The third-order valence-corrected chi connectivity index (χ3v) is 4.87. The first-order valence-corrected chi connectivity index (χ1v) is 7.96. The fraction of sp³-hybridized carbons (Fsp3) is 0.267. The molecule has 1 fully saturated rings. The van der Waals surface area contributed by atoms with Crippen LogP contribution in [0.1, 0.15) is 5.56 Å². The second-order valence-corrected chi connectivity index (χ2v) is 6.13. The van der Waals surface area contributed by atoms with Crippen molar-refractivity contribution < 1.29 is 24.2 Å². The zero-order valence-electron chi connectivity index (χ0n) is 12.0. The molecule has 1 aromatic rings. The molecule has 8 heteroatoms. The van der Waals surface area contributed by atoms with Gasteiger partial charge in [-0.15, -0.1) is 11.8 Å². The van der Waals surface area contributed by atoms with Crippen LogP contribution < -0.4 is 5.32 Å². The van der Waals surface area contributed by atoms with Crippen molar-refractivity contribution in [1.82, 2.24) is 10.2 Å². The summed E-state index contributed by atoms with van der Waals surface area (Å²) in [6.07, 6.45) is 0.450. The van der Waals surface area contributed by atoms with E-state index in [2.05, 4.69) is 5.32 Å². The van der Waals surface area contributed by atoms with Gasteiger partial charge in [-0.1, -0.05) is 30.3 Å². The Morgan fingerprint density at radius 3 is 2.87 bits per heavy atom. The van der Waals surface area contributed by atoms with Gasteiger partial charge in [0.05, 0.1) is 5.75 Å². The summed E-state index contributed by atoms with van der Waals surface area (Å²) in [6, 6.07) is 8.42. The Bertz CT molecular complexity index is 676. The van der Waals surface area contributed by atoms with E-state index < -0.39 is 23.3 Å². The highest BCUT2D eigenvalue weighted by atomic mass is 32.2. The maximum atomic E-state index is 12.2. The van der Waals surface area contributed by atoms with Crippen molar-refractivity contribution in [3.63, 3.8) is 0 Å². The Kier molecular flexibility index (Phi) is 4.24. The van der Waals surface area contributed by atoms with Crippen molar-refractivity contribution in [2.24, 2.45) is 0 Å². The van der Waals surface area contributed by atoms with Crippen LogP contribution in [0.25, 0.3) is 0 Å². The number of aliphatic hydroxyl groups excluding tert-OH is 1. The average molecular weight is 334 g/mol. The van der Waals surface area contributed by atoms with Crippen molar-refractivity contribution in [3.8, 4) is 0 Å². The highest BCUT2D eigenvalue weighted by molar-refractivity contribution is 8.00. The third kappa shape index (κ3) is 2.77. The Morgan fingerprint density at radius 1 is 1.43 bits per heavy atom. The van der Waals surface area contributed by atoms with E-state index in [1.165, 1.54) is 16.7 Å². The van der Waals surface area contributed by atoms with Gasteiger partial charge in [0.25, 0.3) is 5.91 Å². The molecule has 0 saturated carbocycles. The highest BCUT2D eigenvalue weighted by Crippen LogP contribution is 2.39. The van der Waals surface area contributed by atoms with Crippen LogP contribution in [0.15, 0.2) is 41.8 Å². The minimum atomic E-state index is -0.755. The summed E-state index contributed by atoms with van der Waals surface area (Å²) in [5, 5.41) is 12.0. The van der Waals surface area contributed by atoms with Gasteiger partial charge < -0.3 is 15.2 Å². The number of carbonyl (C=O) groups excluding carboxylic acids is 3. The zero-order chi connectivity index (χ0) is 16.4. The highest BCUT2D eigenvalue weighted by Gasteiger charge is 2.54. The van der Waals surface area contributed by atoms with E-state index in [1.807, 2.05) is 18.2 Å². The Labute approximate surface area is 136 Å². The number of hydrogen-bond acceptors (Lipinski definition) is 6. The first-order chi connectivity index (χ1) is 11.1. The Hall–Kier alpha value is -2.48. The number of thioether (sulfide) groups is 1. The second-order valence-electron chi connectivity index (χ2n) is 5.03. The molecule has 2 aliphatic rings. The fourth-order valence-electron chi connectivity index (χ4n) is 2.48. The quantitative estimate of drug-likeness (QED) is 0.463. The number of nitrogens with one attached hydrogen (secondary N) is 1. The van der Waals surface area contributed by atoms with Gasteiger partial charge in [-0.2, -0.15) is 0 Å². The molecule has 1 aromatic carbocycles. The standard InChI is InChI=1S/C15H14N2O5S/c18-8-16-11-13(20)17-12(10(19)7-23-14(11)17)15(21)22-6-9-4-2-1-3-5-9/h1-5,8,11,14,19H,6-7H2,(H,16,18)/t11?,14-/m0/s1. The van der Waals surface area contributed by atoms with Gasteiger partial charge in [-0.05, 0) is 5.56 Å². The van der Waals surface area contributed by atoms with E-state index in [9.17, 15) is 19.5 Å². The number of ether oxygens (including phenoxy) is 1. The number of hydrogen-bond donors (Lipinski definition) is 2. The number of benzene rings is 1. The number of fused-ring (bicyclic) bond motifs is 1. The number of β-lactam (4-membered cyclic amide) rings is 1. The summed E-state index contributed by atoms with van der Waals surface area (Å²) in [5.41, 5.74) is 0.664. The van der Waals surface area contributed by atoms with Crippen LogP contribution in [0, 0.1) is 0 Å². The fourth-order valence-corrected chi connectivity index (χ4v) is 3.69. The number of amides is 2. The van der Waals surface area contributed by atoms with Gasteiger partial charge >= 0.3 is 5.97 Å². The smallest absolute Gasteiger partial charge is 0.358 e. The second kappa shape index (κ2) is 6.33. The lowest BCUT2D eigenvalue weighted by atomic mass is 10.1. The van der Waals surface area contributed by atoms with Crippen molar-refractivity contribution in [1.29, 1.82) is 0 Å². The summed E-state index contributed by atoms with van der Waals surface area (Å²) < 4.78 is 5.18. The van der Waals surface area contributed by atoms with Crippen molar-refractivity contribution >= 4 is 30.0 Å². The molecule has 3 rings (SSSR count). The maximum absolute atomic E-state index is 12.2. The molecule has 2 atom stereocenters. The van der Waals surface area contributed by atoms with Crippen LogP contribution in [0.3, 0.4) is 0 Å². The summed E-state index contributed by atoms with van der Waals surface area (Å²) in [4.78, 5) is 36.0. The monoisotopic (exact) mass is 334 g/mol. The molecule has 2 amide bonds. The molecule has 0 aliphatic carbocycles. The maximum Gasteiger partial charge on any atom is 0.358 e. The van der Waals surface area contributed by atoms with Crippen molar-refractivity contribution in [2.45, 2.75) is 18.0 Å². The van der Waals surface area contributed by atoms with Crippen LogP contribution in [0.2, 0.25) is 0 Å². The first-order valence-electron chi connectivity index (χ1n) is 6.91. The van der Waals surface area contributed by atoms with Gasteiger partial charge in [0.15, 0.2) is 5.70 Å². The van der Waals surface area contributed by atoms with E-state index in [4.69, 9.17) is 4.74 Å². The summed E-state index contributed by atoms with van der Waals surface area (Å²) >= 11 is 1.28. The normalized spacial score (nSPS) is 23.0. The van der Waals surface area contributed by atoms with Gasteiger partial charge in [0, 0.05) is 0 Å². The zero-order valence-corrected chi connectivity index (χ0v) is 12.8. The van der Waals surface area contributed by atoms with Gasteiger partial charge in [-0.3, -0.25) is 14.5 Å². The molecular weight excluding hydrogens is 320 g/mol. The van der Waals surface area contributed by atoms with E-state index in [0.29, 0.717) is 6.41 Å². The lowest BCUT2D eigenvalue weighted by molar-refractivity contribution is -0.153. The predicted octanol–water partition coefficient (Wildman–Crippen LogP) is 0.529. The lowest BCUT2D eigenvalue weighted by Crippen LogP contribution is -2.69. The topological polar surface area (TPSA) is 95.9 Å². The number of rotatable bonds is 5. The van der Waals surface area contributed by atoms with Crippen LogP contribution in [-0.2, 0) is 25.7 Å². The van der Waals surface area contributed by atoms with E-state index in [0.717, 1.165) is 5.56 Å². The molecule has 0 spiro atoms. The minimum absolute atomic E-state index is 0.0479. The molecule has 120 valence electrons. The summed E-state index contributed by atoms with van der Waals surface area (Å²) in [5.74, 6) is -1.20. The minimum Gasteiger partial charge on any atom is -0.509 e. The van der Waals surface area contributed by atoms with Crippen LogP contribution >= 0.6 is 11.8 Å². The van der Waals surface area contributed by atoms with E-state index >= 15 is 0 Å². The molecule has 23 heavy (non-hydrogen) atoms. The third-order valence-electron chi connectivity index (χ3n) is 3.60. The molecule has 1 saturated heterocycles. The van der Waals surface area contributed by atoms with Gasteiger partial charge in [-0.25, -0.2) is 4.79 Å². The predicted molar refractivity (Wildman–Crippen MR) is 82.0 cm³/mol. The van der Waals surface area contributed by atoms with Crippen LogP contribution in [0.4, 0.5) is 0 Å². The molecular formula is C15H14N2O5S. The van der Waals surface area contributed by atoms with Crippen molar-refractivity contribution in [3.05, 3.63) is 47.4 Å². The Balaban J connectivity index is 1.71. The number of carbonyl (C=O) groups is 3. The summed E-state index contributed by atoms with van der Waals surface area (Å²) in [7, 11) is 0. The van der Waals surface area contributed by atoms with E-state index in [-0.39, 0.29) is 23.8 Å². The number of nitrogens with zero attached hydrogens (tertiary/aromatic N) is 1. The molecule has 7 nitrogen and oxygen atoms in total. The Morgan fingerprint density at radius 2 is 2.17 bits per heavy atom. The molecule has 0 aromatic heterocycles. The molecule has 1 unspecified atom stereocenters. The SMILES string of the molecule is O=CNC1C(=O)N2C(C(=O)OCc3ccccc3)=C(O)CS[C@@H]12. The van der Waals surface area contributed by atoms with Gasteiger partial charge in [0.2, 0.25) is 6.41 Å². The first kappa shape index (κ1) is 15.4. The molecule has 0 radical (unpaired) electrons. The molecule has 2 aliphatic heterocycles. The van der Waals surface area contributed by atoms with Crippen molar-refractivity contribution in [2.75, 3.05) is 5.75 Å².